The van der Waals surface area contributed by atoms with E-state index in [-0.39, 0.29) is 41.9 Å². The zero-order valence-electron chi connectivity index (χ0n) is 21.4. The Labute approximate surface area is 232 Å². The first-order valence-corrected chi connectivity index (χ1v) is 13.3. The van der Waals surface area contributed by atoms with Crippen molar-refractivity contribution in [2.45, 2.75) is 43.0 Å². The number of methoxy groups -OCH3 is 1. The predicted molar refractivity (Wildman–Crippen MR) is 148 cm³/mol. The molecule has 2 aromatic rings. The lowest BCUT2D eigenvalue weighted by Crippen LogP contribution is -2.56. The van der Waals surface area contributed by atoms with E-state index in [2.05, 4.69) is 5.32 Å². The molecule has 10 nitrogen and oxygen atoms in total. The van der Waals surface area contributed by atoms with E-state index in [1.54, 1.807) is 35.9 Å². The third-order valence-electron chi connectivity index (χ3n) is 6.62. The first-order valence-electron chi connectivity index (χ1n) is 12.3. The molecular formula is C26H33ClN4O6S. The van der Waals surface area contributed by atoms with Gasteiger partial charge in [0.1, 0.15) is 18.4 Å². The summed E-state index contributed by atoms with van der Waals surface area (Å²) in [6.07, 6.45) is 0.0114. The van der Waals surface area contributed by atoms with Crippen molar-refractivity contribution in [3.63, 3.8) is 0 Å². The van der Waals surface area contributed by atoms with Crippen LogP contribution < -0.4 is 10.1 Å². The van der Waals surface area contributed by atoms with Crippen LogP contribution in [0.15, 0.2) is 48.5 Å². The molecule has 3 atom stereocenters. The van der Waals surface area contributed by atoms with Gasteiger partial charge in [-0.3, -0.25) is 19.8 Å². The summed E-state index contributed by atoms with van der Waals surface area (Å²) < 4.78 is 10.8. The van der Waals surface area contributed by atoms with E-state index in [0.717, 1.165) is 23.6 Å². The molecule has 0 radical (unpaired) electrons. The molecule has 1 unspecified atom stereocenters. The van der Waals surface area contributed by atoms with Crippen LogP contribution in [-0.2, 0) is 21.9 Å². The zero-order chi connectivity index (χ0) is 26.4. The van der Waals surface area contributed by atoms with Crippen LogP contribution in [0.3, 0.4) is 0 Å². The van der Waals surface area contributed by atoms with Crippen LogP contribution in [0, 0.1) is 10.1 Å². The van der Waals surface area contributed by atoms with Crippen LogP contribution in [-0.4, -0.2) is 77.3 Å². The topological polar surface area (TPSA) is 114 Å². The summed E-state index contributed by atoms with van der Waals surface area (Å²) in [5.41, 5.74) is 1.76. The summed E-state index contributed by atoms with van der Waals surface area (Å²) >= 11 is 1.72. The monoisotopic (exact) mass is 564 g/mol. The maximum absolute atomic E-state index is 13.5. The molecule has 206 valence electrons. The number of hydrogen-bond donors (Lipinski definition) is 1. The molecule has 0 aromatic heterocycles. The van der Waals surface area contributed by atoms with E-state index in [9.17, 15) is 19.7 Å². The first-order chi connectivity index (χ1) is 17.8. The largest absolute Gasteiger partial charge is 0.497 e. The van der Waals surface area contributed by atoms with Crippen molar-refractivity contribution in [2.24, 2.45) is 0 Å². The number of amides is 2. The van der Waals surface area contributed by atoms with Gasteiger partial charge < -0.3 is 19.7 Å². The van der Waals surface area contributed by atoms with Crippen molar-refractivity contribution >= 4 is 41.9 Å². The predicted octanol–water partition coefficient (Wildman–Crippen LogP) is 3.86. The number of ether oxygens (including phenoxy) is 2. The van der Waals surface area contributed by atoms with E-state index >= 15 is 0 Å². The molecule has 2 aliphatic rings. The number of piperazine rings is 1. The highest BCUT2D eigenvalue weighted by atomic mass is 35.5. The summed E-state index contributed by atoms with van der Waals surface area (Å²) in [4.78, 5) is 40.4. The minimum Gasteiger partial charge on any atom is -0.497 e. The third kappa shape index (κ3) is 7.52. The first kappa shape index (κ1) is 29.5. The van der Waals surface area contributed by atoms with E-state index in [0.29, 0.717) is 31.6 Å². The van der Waals surface area contributed by atoms with Crippen molar-refractivity contribution in [1.82, 2.24) is 15.1 Å². The van der Waals surface area contributed by atoms with Crippen molar-refractivity contribution in [1.29, 1.82) is 0 Å². The Morgan fingerprint density at radius 3 is 2.42 bits per heavy atom. The molecule has 2 aliphatic heterocycles. The van der Waals surface area contributed by atoms with Gasteiger partial charge in [-0.15, -0.1) is 12.4 Å². The molecule has 2 aromatic carbocycles. The molecule has 2 fully saturated rings. The van der Waals surface area contributed by atoms with E-state index in [1.165, 1.54) is 12.1 Å². The van der Waals surface area contributed by atoms with E-state index in [4.69, 9.17) is 9.47 Å². The number of nitrogens with zero attached hydrogens (tertiary/aromatic N) is 3. The minimum absolute atomic E-state index is 0. The highest BCUT2D eigenvalue weighted by molar-refractivity contribution is 7.99. The summed E-state index contributed by atoms with van der Waals surface area (Å²) in [5.74, 6) is 1.51. The van der Waals surface area contributed by atoms with Crippen molar-refractivity contribution in [3.8, 4) is 5.75 Å². The fourth-order valence-electron chi connectivity index (χ4n) is 4.58. The molecule has 1 N–H and O–H groups in total. The Morgan fingerprint density at radius 2 is 1.79 bits per heavy atom. The van der Waals surface area contributed by atoms with Crippen molar-refractivity contribution < 1.29 is 24.0 Å². The molecule has 0 aliphatic carbocycles. The molecule has 12 heteroatoms. The maximum Gasteiger partial charge on any atom is 0.410 e. The van der Waals surface area contributed by atoms with Crippen LogP contribution >= 0.6 is 24.2 Å². The number of likely N-dealkylation sites (tertiary alicyclic amines) is 1. The number of carbonyl (C=O) groups is 2. The van der Waals surface area contributed by atoms with Crippen LogP contribution in [0.2, 0.25) is 0 Å². The van der Waals surface area contributed by atoms with Gasteiger partial charge in [-0.1, -0.05) is 12.1 Å². The quantitative estimate of drug-likeness (QED) is 0.380. The van der Waals surface area contributed by atoms with Crippen LogP contribution in [0.5, 0.6) is 5.75 Å². The van der Waals surface area contributed by atoms with Crippen molar-refractivity contribution in [2.75, 3.05) is 33.3 Å². The molecule has 2 saturated heterocycles. The number of thioether (sulfide) groups is 1. The number of nitro benzene ring substituents is 1. The van der Waals surface area contributed by atoms with Gasteiger partial charge in [0, 0.05) is 55.4 Å². The molecule has 2 amide bonds. The molecule has 2 heterocycles. The summed E-state index contributed by atoms with van der Waals surface area (Å²) in [6, 6.07) is 13.4. The van der Waals surface area contributed by atoms with Crippen LogP contribution in [0.1, 0.15) is 24.5 Å². The molecule has 0 saturated carbocycles. The van der Waals surface area contributed by atoms with Crippen molar-refractivity contribution in [3.05, 3.63) is 69.8 Å². The third-order valence-corrected chi connectivity index (χ3v) is 7.93. The number of hydrogen-bond acceptors (Lipinski definition) is 8. The van der Waals surface area contributed by atoms with Gasteiger partial charge in [0.05, 0.1) is 12.0 Å². The lowest BCUT2D eigenvalue weighted by molar-refractivity contribution is -0.384. The van der Waals surface area contributed by atoms with E-state index in [1.807, 2.05) is 36.1 Å². The second-order valence-corrected chi connectivity index (χ2v) is 10.6. The Morgan fingerprint density at radius 1 is 1.11 bits per heavy atom. The second kappa shape index (κ2) is 13.7. The van der Waals surface area contributed by atoms with Gasteiger partial charge in [0.15, 0.2) is 0 Å². The van der Waals surface area contributed by atoms with Gasteiger partial charge in [-0.2, -0.15) is 11.8 Å². The Hall–Kier alpha value is -3.02. The minimum atomic E-state index is -0.581. The van der Waals surface area contributed by atoms with Crippen LogP contribution in [0.25, 0.3) is 0 Å². The number of nitrogens with one attached hydrogen (secondary N) is 1. The average Bonchev–Trinajstić information content (AvgIpc) is 3.35. The smallest absolute Gasteiger partial charge is 0.410 e. The molecule has 38 heavy (non-hydrogen) atoms. The van der Waals surface area contributed by atoms with Gasteiger partial charge >= 0.3 is 6.09 Å². The standard InChI is InChI=1S/C26H32N4O6S.ClH/c1-18-14-28(12-11-27-18)25(31)24-13-23(37-17-20-5-9-22(35-2)10-6-20)15-29(24)26(32)36-16-19-3-7-21(8-4-19)30(33)34;/h3-10,18,23-24,27H,11-17H2,1-2H3;1H/t18?,23-,24-;/m0./s1. The van der Waals surface area contributed by atoms with Gasteiger partial charge in [0.2, 0.25) is 5.91 Å². The Kier molecular flexibility index (Phi) is 10.6. The molecule has 0 bridgehead atoms. The normalized spacial score (nSPS) is 20.9. The summed E-state index contributed by atoms with van der Waals surface area (Å²) in [7, 11) is 1.63. The number of halogens is 1. The average molecular weight is 565 g/mol. The number of nitro groups is 1. The molecule has 4 rings (SSSR count). The second-order valence-electron chi connectivity index (χ2n) is 9.30. The number of carbonyl (C=O) groups excluding carboxylic acids is 2. The summed E-state index contributed by atoms with van der Waals surface area (Å²) in [5, 5.41) is 14.3. The van der Waals surface area contributed by atoms with Gasteiger partial charge in [0.25, 0.3) is 5.69 Å². The lowest BCUT2D eigenvalue weighted by atomic mass is 10.1. The SMILES string of the molecule is COc1ccc(CS[C@H]2C[C@@H](C(=O)N3CCNC(C)C3)N(C(=O)OCc3ccc([N+](=O)[O-])cc3)C2)cc1.Cl. The van der Waals surface area contributed by atoms with Gasteiger partial charge in [-0.25, -0.2) is 4.79 Å². The number of benzene rings is 2. The zero-order valence-corrected chi connectivity index (χ0v) is 23.0. The number of rotatable bonds is 8. The van der Waals surface area contributed by atoms with Gasteiger partial charge in [-0.05, 0) is 48.7 Å². The lowest BCUT2D eigenvalue weighted by Gasteiger charge is -2.35. The summed E-state index contributed by atoms with van der Waals surface area (Å²) in [6.45, 7) is 4.36. The van der Waals surface area contributed by atoms with Crippen LogP contribution in [0.4, 0.5) is 10.5 Å². The highest BCUT2D eigenvalue weighted by Crippen LogP contribution is 2.32. The fraction of sp³-hybridized carbons (Fsp3) is 0.462. The number of non-ortho nitro benzene ring substituents is 1. The highest BCUT2D eigenvalue weighted by Gasteiger charge is 2.42. The molecule has 0 spiro atoms. The van der Waals surface area contributed by atoms with E-state index < -0.39 is 17.1 Å². The Bertz CT molecular complexity index is 1100. The molecular weight excluding hydrogens is 532 g/mol. The Balaban J connectivity index is 0.00000400. The maximum atomic E-state index is 13.5. The fourth-order valence-corrected chi connectivity index (χ4v) is 5.78.